The highest BCUT2D eigenvalue weighted by atomic mass is 16.5. The van der Waals surface area contributed by atoms with Gasteiger partial charge in [-0.2, -0.15) is 0 Å². The van der Waals surface area contributed by atoms with Crippen molar-refractivity contribution in [3.05, 3.63) is 53.9 Å². The number of hydrogen-bond donors (Lipinski definition) is 1. The van der Waals surface area contributed by atoms with Gasteiger partial charge < -0.3 is 15.0 Å². The maximum absolute atomic E-state index is 12.9. The number of likely N-dealkylation sites (tertiary alicyclic amines) is 1. The van der Waals surface area contributed by atoms with Crippen molar-refractivity contribution in [2.24, 2.45) is 0 Å². The van der Waals surface area contributed by atoms with Crippen molar-refractivity contribution in [1.29, 1.82) is 0 Å². The number of rotatable bonds is 3. The molecule has 2 aliphatic rings. The number of aromatic nitrogens is 1. The number of nitrogens with one attached hydrogen (secondary N) is 1. The highest BCUT2D eigenvalue weighted by Crippen LogP contribution is 2.25. The van der Waals surface area contributed by atoms with Crippen LogP contribution in [-0.2, 0) is 11.2 Å². The molecule has 0 bridgehead atoms. The largest absolute Gasteiger partial charge is 0.487 e. The van der Waals surface area contributed by atoms with Crippen LogP contribution in [-0.4, -0.2) is 40.9 Å². The van der Waals surface area contributed by atoms with Gasteiger partial charge in [-0.3, -0.25) is 14.6 Å². The number of hydrogen-bond acceptors (Lipinski definition) is 4. The van der Waals surface area contributed by atoms with Gasteiger partial charge in [-0.25, -0.2) is 0 Å². The third kappa shape index (κ3) is 3.54. The van der Waals surface area contributed by atoms with E-state index in [-0.39, 0.29) is 17.9 Å². The number of carbonyl (C=O) groups excluding carboxylic acids is 2. The summed E-state index contributed by atoms with van der Waals surface area (Å²) in [5, 5.41) is 2.90. The molecule has 0 unspecified atom stereocenters. The quantitative estimate of drug-likeness (QED) is 0.923. The Bertz CT molecular complexity index is 822. The van der Waals surface area contributed by atoms with Crippen molar-refractivity contribution in [2.45, 2.75) is 31.8 Å². The molecule has 6 heteroatoms. The van der Waals surface area contributed by atoms with Crippen molar-refractivity contribution in [1.82, 2.24) is 9.88 Å². The average molecular weight is 351 g/mol. The Hall–Kier alpha value is -2.89. The van der Waals surface area contributed by atoms with E-state index in [4.69, 9.17) is 4.74 Å². The third-order valence-corrected chi connectivity index (χ3v) is 4.85. The van der Waals surface area contributed by atoms with Gasteiger partial charge >= 0.3 is 0 Å². The lowest BCUT2D eigenvalue weighted by atomic mass is 10.0. The number of anilines is 1. The molecule has 1 atom stereocenters. The summed E-state index contributed by atoms with van der Waals surface area (Å²) in [6.45, 7) is 1.25. The SMILES string of the molecule is O=C1CCCc2cc(C(=O)N3CC[C@H](Oc4cccnc4)C3)ccc2N1. The van der Waals surface area contributed by atoms with E-state index in [9.17, 15) is 9.59 Å². The second-order valence-corrected chi connectivity index (χ2v) is 6.74. The molecule has 1 aromatic carbocycles. The molecule has 2 aliphatic heterocycles. The summed E-state index contributed by atoms with van der Waals surface area (Å²) in [5.41, 5.74) is 2.52. The molecule has 1 saturated heterocycles. The molecule has 4 rings (SSSR count). The van der Waals surface area contributed by atoms with Gasteiger partial charge in [-0.15, -0.1) is 0 Å². The zero-order valence-corrected chi connectivity index (χ0v) is 14.5. The highest BCUT2D eigenvalue weighted by Gasteiger charge is 2.28. The minimum Gasteiger partial charge on any atom is -0.487 e. The summed E-state index contributed by atoms with van der Waals surface area (Å²) in [6.07, 6.45) is 6.33. The first kappa shape index (κ1) is 16.6. The lowest BCUT2D eigenvalue weighted by molar-refractivity contribution is -0.116. The van der Waals surface area contributed by atoms with E-state index < -0.39 is 0 Å². The molecule has 1 aromatic heterocycles. The molecule has 134 valence electrons. The summed E-state index contributed by atoms with van der Waals surface area (Å²) in [6, 6.07) is 9.26. The zero-order valence-electron chi connectivity index (χ0n) is 14.5. The van der Waals surface area contributed by atoms with Gasteiger partial charge in [0.2, 0.25) is 5.91 Å². The van der Waals surface area contributed by atoms with Gasteiger partial charge in [0, 0.05) is 36.8 Å². The van der Waals surface area contributed by atoms with E-state index in [0.29, 0.717) is 25.1 Å². The molecular weight excluding hydrogens is 330 g/mol. The molecule has 1 N–H and O–H groups in total. The molecule has 1 fully saturated rings. The number of carbonyl (C=O) groups is 2. The Morgan fingerprint density at radius 3 is 3.04 bits per heavy atom. The minimum absolute atomic E-state index is 0.0109. The number of benzene rings is 1. The van der Waals surface area contributed by atoms with Crippen molar-refractivity contribution in [3.63, 3.8) is 0 Å². The number of amides is 2. The molecule has 6 nitrogen and oxygen atoms in total. The third-order valence-electron chi connectivity index (χ3n) is 4.85. The van der Waals surface area contributed by atoms with Gasteiger partial charge in [0.1, 0.15) is 11.9 Å². The van der Waals surface area contributed by atoms with Gasteiger partial charge in [0.05, 0.1) is 12.7 Å². The standard InChI is InChI=1S/C20H21N3O3/c24-19-5-1-3-14-11-15(6-7-18(14)22-19)20(25)23-10-8-17(13-23)26-16-4-2-9-21-12-16/h2,4,6-7,9,11-12,17H,1,3,5,8,10,13H2,(H,22,24)/t17-/m0/s1. The summed E-state index contributed by atoms with van der Waals surface area (Å²) < 4.78 is 5.91. The Balaban J connectivity index is 1.43. The Kier molecular flexibility index (Phi) is 4.56. The first-order chi connectivity index (χ1) is 12.7. The predicted molar refractivity (Wildman–Crippen MR) is 97.2 cm³/mol. The Labute approximate surface area is 152 Å². The molecule has 2 aromatic rings. The first-order valence-corrected chi connectivity index (χ1v) is 8.98. The first-order valence-electron chi connectivity index (χ1n) is 8.98. The maximum atomic E-state index is 12.9. The summed E-state index contributed by atoms with van der Waals surface area (Å²) in [4.78, 5) is 30.4. The van der Waals surface area contributed by atoms with E-state index in [1.165, 1.54) is 0 Å². The van der Waals surface area contributed by atoms with Crippen LogP contribution in [0.25, 0.3) is 0 Å². The maximum Gasteiger partial charge on any atom is 0.253 e. The molecule has 0 radical (unpaired) electrons. The van der Waals surface area contributed by atoms with Crippen LogP contribution in [0.2, 0.25) is 0 Å². The number of pyridine rings is 1. The zero-order chi connectivity index (χ0) is 17.9. The van der Waals surface area contributed by atoms with E-state index in [1.807, 2.05) is 29.2 Å². The summed E-state index contributed by atoms with van der Waals surface area (Å²) >= 11 is 0. The Morgan fingerprint density at radius 2 is 2.19 bits per heavy atom. The second-order valence-electron chi connectivity index (χ2n) is 6.74. The van der Waals surface area contributed by atoms with Crippen molar-refractivity contribution >= 4 is 17.5 Å². The van der Waals surface area contributed by atoms with Crippen LogP contribution < -0.4 is 10.1 Å². The van der Waals surface area contributed by atoms with Crippen LogP contribution in [0.3, 0.4) is 0 Å². The van der Waals surface area contributed by atoms with Gasteiger partial charge in [0.15, 0.2) is 0 Å². The van der Waals surface area contributed by atoms with Crippen LogP contribution in [0.15, 0.2) is 42.7 Å². The number of nitrogens with zero attached hydrogens (tertiary/aromatic N) is 2. The fourth-order valence-corrected chi connectivity index (χ4v) is 3.51. The van der Waals surface area contributed by atoms with Crippen LogP contribution in [0.4, 0.5) is 5.69 Å². The molecule has 26 heavy (non-hydrogen) atoms. The minimum atomic E-state index is -0.0109. The van der Waals surface area contributed by atoms with Crippen LogP contribution in [0.1, 0.15) is 35.2 Å². The molecule has 0 saturated carbocycles. The average Bonchev–Trinajstić information content (AvgIpc) is 3.03. The summed E-state index contributed by atoms with van der Waals surface area (Å²) in [5.74, 6) is 0.783. The van der Waals surface area contributed by atoms with E-state index >= 15 is 0 Å². The van der Waals surface area contributed by atoms with Crippen molar-refractivity contribution in [2.75, 3.05) is 18.4 Å². The van der Waals surface area contributed by atoms with Crippen molar-refractivity contribution in [3.8, 4) is 5.75 Å². The molecule has 3 heterocycles. The lowest BCUT2D eigenvalue weighted by Gasteiger charge is -2.18. The smallest absolute Gasteiger partial charge is 0.253 e. The monoisotopic (exact) mass is 351 g/mol. The molecule has 0 aliphatic carbocycles. The summed E-state index contributed by atoms with van der Waals surface area (Å²) in [7, 11) is 0. The van der Waals surface area contributed by atoms with Crippen LogP contribution in [0.5, 0.6) is 5.75 Å². The Morgan fingerprint density at radius 1 is 1.27 bits per heavy atom. The van der Waals surface area contributed by atoms with Crippen LogP contribution in [0, 0.1) is 0 Å². The van der Waals surface area contributed by atoms with E-state index in [2.05, 4.69) is 10.3 Å². The van der Waals surface area contributed by atoms with E-state index in [0.717, 1.165) is 36.3 Å². The number of fused-ring (bicyclic) bond motifs is 1. The number of aryl methyl sites for hydroxylation is 1. The topological polar surface area (TPSA) is 71.5 Å². The molecule has 2 amide bonds. The fraction of sp³-hybridized carbons (Fsp3) is 0.350. The predicted octanol–water partition coefficient (Wildman–Crippen LogP) is 2.65. The van der Waals surface area contributed by atoms with E-state index in [1.54, 1.807) is 18.5 Å². The molecular formula is C20H21N3O3. The number of ether oxygens (including phenoxy) is 1. The van der Waals surface area contributed by atoms with Crippen molar-refractivity contribution < 1.29 is 14.3 Å². The van der Waals surface area contributed by atoms with Gasteiger partial charge in [-0.05, 0) is 48.7 Å². The second kappa shape index (κ2) is 7.15. The van der Waals surface area contributed by atoms with Gasteiger partial charge in [-0.1, -0.05) is 0 Å². The molecule has 0 spiro atoms. The van der Waals surface area contributed by atoms with Gasteiger partial charge in [0.25, 0.3) is 5.91 Å². The van der Waals surface area contributed by atoms with Crippen LogP contribution >= 0.6 is 0 Å². The lowest BCUT2D eigenvalue weighted by Crippen LogP contribution is -2.31. The highest BCUT2D eigenvalue weighted by molar-refractivity contribution is 5.97. The normalized spacial score (nSPS) is 19.5. The fourth-order valence-electron chi connectivity index (χ4n) is 3.51.